The minimum absolute atomic E-state index is 0. The van der Waals surface area contributed by atoms with E-state index in [-0.39, 0.29) is 37.1 Å². The fraction of sp³-hybridized carbons (Fsp3) is 0.455. The molecule has 0 aliphatic heterocycles. The zero-order chi connectivity index (χ0) is 11.2. The molecule has 0 aliphatic carbocycles. The minimum atomic E-state index is -0.750. The number of hydrogen-bond donors (Lipinski definition) is 0. The van der Waals surface area contributed by atoms with Crippen molar-refractivity contribution >= 4 is 34.8 Å². The molecule has 0 amide bonds. The van der Waals surface area contributed by atoms with Crippen LogP contribution in [-0.4, -0.2) is 23.8 Å². The molecule has 0 fully saturated rings. The average Bonchev–Trinajstić information content (AvgIpc) is 2.03. The molecule has 1 aromatic carbocycles. The first-order valence-corrected chi connectivity index (χ1v) is 9.25. The topological polar surface area (TPSA) is 23.1 Å². The largest absolute Gasteiger partial charge is 1.00 e. The van der Waals surface area contributed by atoms with Gasteiger partial charge < -0.3 is 5.11 Å². The summed E-state index contributed by atoms with van der Waals surface area (Å²) in [5.74, 6) is 0. The maximum Gasteiger partial charge on any atom is 1.00 e. The average molecular weight is 275 g/mol. The first-order valence-electron chi connectivity index (χ1n) is 4.65. The van der Waals surface area contributed by atoms with E-state index in [9.17, 15) is 5.11 Å². The van der Waals surface area contributed by atoms with E-state index in [0.29, 0.717) is 0 Å². The maximum atomic E-state index is 10.1. The smallest absolute Gasteiger partial charge is 0.850 e. The van der Waals surface area contributed by atoms with E-state index in [1.165, 1.54) is 9.26 Å². The Kier molecular flexibility index (Phi) is 11.2. The Balaban J connectivity index is 0. The van der Waals surface area contributed by atoms with Gasteiger partial charge in [-0.1, -0.05) is 50.6 Å². The molecule has 0 aliphatic rings. The van der Waals surface area contributed by atoms with Crippen molar-refractivity contribution in [2.24, 2.45) is 0 Å². The normalized spacial score (nSPS) is 9.20. The van der Waals surface area contributed by atoms with Crippen LogP contribution in [0.15, 0.2) is 24.3 Å². The predicted octanol–water partition coefficient (Wildman–Crippen LogP) is -1.22. The van der Waals surface area contributed by atoms with Crippen LogP contribution in [0, 0.1) is 6.92 Å². The predicted molar refractivity (Wildman–Crippen MR) is 65.2 cm³/mol. The van der Waals surface area contributed by atoms with Crippen LogP contribution in [0.1, 0.15) is 26.3 Å². The molecule has 0 heterocycles. The van der Waals surface area contributed by atoms with Crippen LogP contribution in [0.25, 0.3) is 0 Å². The van der Waals surface area contributed by atoms with Crippen molar-refractivity contribution in [1.82, 2.24) is 0 Å². The Bertz CT molecular complexity index is 250. The minimum Gasteiger partial charge on any atom is -0.850 e. The van der Waals surface area contributed by atoms with Crippen molar-refractivity contribution in [3.05, 3.63) is 29.8 Å². The van der Waals surface area contributed by atoms with Gasteiger partial charge in [0.1, 0.15) is 0 Å². The molecule has 0 saturated heterocycles. The van der Waals surface area contributed by atoms with Gasteiger partial charge in [-0.15, -0.1) is 5.60 Å². The molecule has 0 atom stereocenters. The molecule has 0 saturated carbocycles. The number of hydrogen-bond acceptors (Lipinski definition) is 1. The zero-order valence-electron chi connectivity index (χ0n) is 10.3. The zero-order valence-corrected chi connectivity index (χ0v) is 13.3. The number of rotatable bonds is 1. The van der Waals surface area contributed by atoms with Crippen LogP contribution >= 0.6 is 12.9 Å². The SMILES string of the molecule is CC(C)(C)[O-].Cc1cc[c]([Mg][Br])cc1.[Li+]. The molecule has 1 nitrogen and oxygen atoms in total. The second kappa shape index (κ2) is 9.10. The second-order valence-electron chi connectivity index (χ2n) is 4.23. The molecule has 0 N–H and O–H groups in total. The third kappa shape index (κ3) is 15.0. The summed E-state index contributed by atoms with van der Waals surface area (Å²) in [4.78, 5) is 0. The van der Waals surface area contributed by atoms with E-state index >= 15 is 0 Å². The fourth-order valence-corrected chi connectivity index (χ4v) is 2.21. The standard InChI is InChI=1S/C7H7.C4H9O.BrH.Li.Mg/c1-7-5-3-2-4-6-7;1-4(2,3)5;;;/h3-6H,1H3;1-3H3;1H;;/q;-1;;2*+1/p-1. The summed E-state index contributed by atoms with van der Waals surface area (Å²) in [6.45, 7) is 7.01. The summed E-state index contributed by atoms with van der Waals surface area (Å²) in [6, 6.07) is 8.69. The first kappa shape index (κ1) is 18.4. The van der Waals surface area contributed by atoms with Gasteiger partial charge >= 0.3 is 37.1 Å². The van der Waals surface area contributed by atoms with Crippen molar-refractivity contribution in [1.29, 1.82) is 0 Å². The van der Waals surface area contributed by atoms with Crippen LogP contribution in [0.3, 0.4) is 0 Å². The van der Waals surface area contributed by atoms with Gasteiger partial charge in [0.25, 0.3) is 0 Å². The third-order valence-corrected chi connectivity index (χ3v) is 4.00. The molecular weight excluding hydrogens is 259 g/mol. The van der Waals surface area contributed by atoms with Gasteiger partial charge in [0.05, 0.1) is 0 Å². The maximum absolute atomic E-state index is 10.1. The number of aryl methyl sites for hydroxylation is 1. The number of benzene rings is 1. The van der Waals surface area contributed by atoms with E-state index in [1.807, 2.05) is 0 Å². The van der Waals surface area contributed by atoms with Crippen LogP contribution in [0.4, 0.5) is 0 Å². The fourth-order valence-electron chi connectivity index (χ4n) is 0.677. The van der Waals surface area contributed by atoms with Gasteiger partial charge in [-0.25, -0.2) is 0 Å². The Morgan fingerprint density at radius 2 is 1.47 bits per heavy atom. The molecule has 0 aromatic heterocycles. The summed E-state index contributed by atoms with van der Waals surface area (Å²) in [5, 5.41) is 10.1. The monoisotopic (exact) mass is 274 g/mol. The van der Waals surface area contributed by atoms with Gasteiger partial charge in [-0.3, -0.25) is 12.9 Å². The number of halogens is 1. The second-order valence-corrected chi connectivity index (χ2v) is 7.00. The van der Waals surface area contributed by atoms with Gasteiger partial charge in [0.2, 0.25) is 0 Å². The van der Waals surface area contributed by atoms with Crippen molar-refractivity contribution in [2.45, 2.75) is 33.3 Å². The molecule has 0 radical (unpaired) electrons. The Labute approximate surface area is 121 Å². The summed E-state index contributed by atoms with van der Waals surface area (Å²) in [6.07, 6.45) is 0. The van der Waals surface area contributed by atoms with Crippen molar-refractivity contribution in [3.63, 3.8) is 0 Å². The van der Waals surface area contributed by atoms with Crippen LogP contribution in [0.2, 0.25) is 0 Å². The molecule has 15 heavy (non-hydrogen) atoms. The Hall–Kier alpha value is 1.02. The van der Waals surface area contributed by atoms with Crippen LogP contribution in [0.5, 0.6) is 0 Å². The summed E-state index contributed by atoms with van der Waals surface area (Å²) < 4.78 is 1.47. The van der Waals surface area contributed by atoms with Crippen molar-refractivity contribution < 1.29 is 24.0 Å². The summed E-state index contributed by atoms with van der Waals surface area (Å²) in [7, 11) is 0. The molecule has 0 spiro atoms. The molecular formula is C11H16BrLiMgO. The van der Waals surface area contributed by atoms with Crippen molar-refractivity contribution in [2.75, 3.05) is 0 Å². The van der Waals surface area contributed by atoms with Gasteiger partial charge in [0.15, 0.2) is 0 Å². The summed E-state index contributed by atoms with van der Waals surface area (Å²) in [5.41, 5.74) is 0.591. The third-order valence-electron chi connectivity index (χ3n) is 1.27. The molecule has 0 bridgehead atoms. The molecule has 76 valence electrons. The van der Waals surface area contributed by atoms with Crippen LogP contribution < -0.4 is 27.7 Å². The van der Waals surface area contributed by atoms with Gasteiger partial charge in [-0.2, -0.15) is 3.69 Å². The van der Waals surface area contributed by atoms with Gasteiger partial charge in [0, 0.05) is 0 Å². The van der Waals surface area contributed by atoms with E-state index in [0.717, 1.165) is 0 Å². The Morgan fingerprint density at radius 1 is 1.13 bits per heavy atom. The summed E-state index contributed by atoms with van der Waals surface area (Å²) >= 11 is 3.41. The Morgan fingerprint density at radius 3 is 1.73 bits per heavy atom. The van der Waals surface area contributed by atoms with Gasteiger partial charge in [-0.05, 0) is 6.92 Å². The molecule has 0 unspecified atom stereocenters. The van der Waals surface area contributed by atoms with Crippen molar-refractivity contribution in [3.8, 4) is 0 Å². The van der Waals surface area contributed by atoms with Crippen LogP contribution in [-0.2, 0) is 0 Å². The van der Waals surface area contributed by atoms with E-state index in [4.69, 9.17) is 0 Å². The van der Waals surface area contributed by atoms with E-state index in [2.05, 4.69) is 44.1 Å². The molecule has 4 heteroatoms. The molecule has 1 aromatic rings. The van der Waals surface area contributed by atoms with E-state index in [1.54, 1.807) is 20.8 Å². The van der Waals surface area contributed by atoms with E-state index < -0.39 is 5.60 Å². The first-order chi connectivity index (χ1) is 6.33. The molecule has 1 rings (SSSR count). The quantitative estimate of drug-likeness (QED) is 0.590.